The zero-order chi connectivity index (χ0) is 38.4. The van der Waals surface area contributed by atoms with E-state index in [1.54, 1.807) is 32.9 Å². The topological polar surface area (TPSA) is 82.9 Å². The van der Waals surface area contributed by atoms with Crippen molar-refractivity contribution in [1.82, 2.24) is 9.97 Å². The van der Waals surface area contributed by atoms with Crippen molar-refractivity contribution in [2.75, 3.05) is 27.1 Å². The van der Waals surface area contributed by atoms with Crippen LogP contribution in [0.5, 0.6) is 17.6 Å². The number of hydrogen-bond donors (Lipinski definition) is 1. The second-order valence-corrected chi connectivity index (χ2v) is 21.2. The Bertz CT molecular complexity index is 2010. The lowest BCUT2D eigenvalue weighted by Gasteiger charge is -2.50. The Hall–Kier alpha value is -3.92. The summed E-state index contributed by atoms with van der Waals surface area (Å²) in [6.07, 6.45) is -0.575. The molecular weight excluding hydrogens is 693 g/mol. The molecule has 0 saturated heterocycles. The van der Waals surface area contributed by atoms with Crippen molar-refractivity contribution in [3.63, 3.8) is 0 Å². The fourth-order valence-corrected chi connectivity index (χ4v) is 12.5. The average molecular weight is 741 g/mol. The standard InChI is InChI=1S/C40H48F4N2O5Si/c1-23(2)52(24(3)4,25(5)6)15-14-26-12-11-13-27-16-28(50-22-48-10)17-29(32(26)27)33-31(41)18-30-35(34(33)42)45-37(46-36(30)51-38(7,8)9)49-21-39(20-47)19-40(39,43)44/h11-13,16-18,23-25,47H,19-22H2,1-10H3/q-1/t39-/m1/s1. The van der Waals surface area contributed by atoms with E-state index in [4.69, 9.17) is 18.9 Å². The third kappa shape index (κ3) is 7.32. The van der Waals surface area contributed by atoms with E-state index in [1.807, 2.05) is 18.2 Å². The molecule has 3 aromatic carbocycles. The molecule has 52 heavy (non-hydrogen) atoms. The molecule has 1 N–H and O–H groups in total. The first-order valence-corrected chi connectivity index (χ1v) is 19.8. The Morgan fingerprint density at radius 3 is 2.17 bits per heavy atom. The van der Waals surface area contributed by atoms with Gasteiger partial charge in [-0.3, -0.25) is 5.54 Å². The van der Waals surface area contributed by atoms with Crippen LogP contribution in [0.15, 0.2) is 36.4 Å². The maximum Gasteiger partial charge on any atom is 0.320 e. The number of aliphatic hydroxyl groups is 1. The fourth-order valence-electron chi connectivity index (χ4n) is 7.31. The number of aromatic nitrogens is 2. The maximum atomic E-state index is 17.1. The molecule has 1 fully saturated rings. The summed E-state index contributed by atoms with van der Waals surface area (Å²) in [5.41, 5.74) is 2.18. The van der Waals surface area contributed by atoms with Crippen molar-refractivity contribution in [2.24, 2.45) is 5.41 Å². The van der Waals surface area contributed by atoms with Gasteiger partial charge in [0.05, 0.1) is 23.0 Å². The summed E-state index contributed by atoms with van der Waals surface area (Å²) in [5.74, 6) is -1.51. The van der Waals surface area contributed by atoms with E-state index in [1.165, 1.54) is 7.11 Å². The molecule has 0 amide bonds. The third-order valence-electron chi connectivity index (χ3n) is 10.1. The quantitative estimate of drug-likeness (QED) is 0.0670. The van der Waals surface area contributed by atoms with Crippen LogP contribution < -0.4 is 14.2 Å². The number of hydrogen-bond acceptors (Lipinski definition) is 7. The van der Waals surface area contributed by atoms with Gasteiger partial charge in [-0.25, -0.2) is 17.6 Å². The summed E-state index contributed by atoms with van der Waals surface area (Å²) in [5, 5.41) is 10.8. The Kier molecular flexibility index (Phi) is 10.9. The fraction of sp³-hybridized carbons (Fsp3) is 0.500. The number of ether oxygens (including phenoxy) is 4. The van der Waals surface area contributed by atoms with Gasteiger partial charge in [0.15, 0.2) is 12.6 Å². The molecule has 281 valence electrons. The molecular formula is C40H48F4N2O5Si-. The molecule has 0 unspecified atom stereocenters. The van der Waals surface area contributed by atoms with Gasteiger partial charge in [0.2, 0.25) is 5.88 Å². The van der Waals surface area contributed by atoms with E-state index in [0.717, 1.165) is 6.07 Å². The van der Waals surface area contributed by atoms with Gasteiger partial charge in [0.25, 0.3) is 5.92 Å². The molecule has 1 heterocycles. The van der Waals surface area contributed by atoms with Gasteiger partial charge in [0.1, 0.15) is 29.3 Å². The highest BCUT2D eigenvalue weighted by Crippen LogP contribution is 2.60. The van der Waals surface area contributed by atoms with Crippen molar-refractivity contribution < 1.29 is 41.6 Å². The van der Waals surface area contributed by atoms with Gasteiger partial charge in [-0.05, 0) is 50.4 Å². The first-order chi connectivity index (χ1) is 24.3. The van der Waals surface area contributed by atoms with Gasteiger partial charge in [-0.2, -0.15) is 9.97 Å². The second kappa shape index (κ2) is 14.5. The van der Waals surface area contributed by atoms with Crippen LogP contribution in [0.25, 0.3) is 32.8 Å². The van der Waals surface area contributed by atoms with Crippen molar-refractivity contribution in [3.8, 4) is 40.2 Å². The van der Waals surface area contributed by atoms with Crippen LogP contribution in [-0.2, 0) is 4.74 Å². The molecule has 0 radical (unpaired) electrons. The highest BCUT2D eigenvalue weighted by Gasteiger charge is 2.71. The third-order valence-corrected chi connectivity index (χ3v) is 16.4. The van der Waals surface area contributed by atoms with E-state index in [9.17, 15) is 13.9 Å². The Labute approximate surface area is 304 Å². The molecule has 0 spiro atoms. The summed E-state index contributed by atoms with van der Waals surface area (Å²) >= 11 is 0. The first-order valence-electron chi connectivity index (χ1n) is 17.5. The van der Waals surface area contributed by atoms with Crippen molar-refractivity contribution >= 4 is 29.7 Å². The number of benzene rings is 3. The molecule has 1 aliphatic carbocycles. The lowest BCUT2D eigenvalue weighted by Crippen LogP contribution is -2.43. The minimum atomic E-state index is -3.13. The van der Waals surface area contributed by atoms with E-state index < -0.39 is 67.9 Å². The molecule has 7 nitrogen and oxygen atoms in total. The van der Waals surface area contributed by atoms with E-state index in [-0.39, 0.29) is 29.1 Å². The van der Waals surface area contributed by atoms with Gasteiger partial charge >= 0.3 is 6.01 Å². The second-order valence-electron chi connectivity index (χ2n) is 15.7. The summed E-state index contributed by atoms with van der Waals surface area (Å²) in [7, 11) is -0.732. The molecule has 0 aliphatic heterocycles. The molecule has 5 rings (SSSR count). The number of alkyl halides is 2. The molecule has 4 aromatic rings. The van der Waals surface area contributed by atoms with Crippen LogP contribution in [0.1, 0.15) is 74.3 Å². The summed E-state index contributed by atoms with van der Waals surface area (Å²) in [6.45, 7) is 16.9. The number of aliphatic hydroxyl groups excluding tert-OH is 1. The van der Waals surface area contributed by atoms with Crippen LogP contribution in [-0.4, -0.2) is 61.8 Å². The lowest BCUT2D eigenvalue weighted by molar-refractivity contribution is 0.0124. The van der Waals surface area contributed by atoms with Crippen LogP contribution >= 0.6 is 0 Å². The first kappa shape index (κ1) is 39.3. The minimum Gasteiger partial charge on any atom is -0.471 e. The summed E-state index contributed by atoms with van der Waals surface area (Å²) in [4.78, 5) is 8.47. The van der Waals surface area contributed by atoms with Gasteiger partial charge in [-0.1, -0.05) is 61.7 Å². The molecule has 12 heteroatoms. The maximum absolute atomic E-state index is 17.1. The van der Waals surface area contributed by atoms with Crippen molar-refractivity contribution in [2.45, 2.75) is 96.9 Å². The van der Waals surface area contributed by atoms with Crippen LogP contribution in [0.2, 0.25) is 16.6 Å². The summed E-state index contributed by atoms with van der Waals surface area (Å²) < 4.78 is 84.4. The molecule has 1 aromatic heterocycles. The van der Waals surface area contributed by atoms with Crippen molar-refractivity contribution in [1.29, 1.82) is 0 Å². The Morgan fingerprint density at radius 1 is 0.962 bits per heavy atom. The number of nitrogens with zero attached hydrogens (tertiary/aromatic N) is 2. The minimum absolute atomic E-state index is 0.0765. The number of methoxy groups -OCH3 is 1. The number of halogens is 4. The predicted molar refractivity (Wildman–Crippen MR) is 198 cm³/mol. The summed E-state index contributed by atoms with van der Waals surface area (Å²) in [6, 6.07) is 9.48. The smallest absolute Gasteiger partial charge is 0.320 e. The molecule has 1 aliphatic rings. The van der Waals surface area contributed by atoms with Gasteiger partial charge in [0, 0.05) is 30.0 Å². The van der Waals surface area contributed by atoms with E-state index in [0.29, 0.717) is 38.7 Å². The lowest BCUT2D eigenvalue weighted by atomic mass is 9.93. The van der Waals surface area contributed by atoms with Crippen molar-refractivity contribution in [3.05, 3.63) is 53.6 Å². The highest BCUT2D eigenvalue weighted by atomic mass is 28.3. The largest absolute Gasteiger partial charge is 0.471 e. The normalized spacial score (nSPS) is 17.2. The van der Waals surface area contributed by atoms with Crippen LogP contribution in [0.3, 0.4) is 0 Å². The molecule has 1 saturated carbocycles. The SMILES string of the molecule is COCOc1cc(-c2c(F)cc3c(OC(C)(C)C)nc(OC[C@]4(CO)CC4(F)F)nc3c2F)c2c(C#C[Si-](C(C)C)(C(C)C)C(C)C)cccc2c1. The molecule has 1 atom stereocenters. The number of fused-ring (bicyclic) bond motifs is 2. The monoisotopic (exact) mass is 740 g/mol. The molecule has 0 bridgehead atoms. The highest BCUT2D eigenvalue weighted by molar-refractivity contribution is 6.90. The van der Waals surface area contributed by atoms with Gasteiger partial charge < -0.3 is 24.1 Å². The number of rotatable bonds is 12. The van der Waals surface area contributed by atoms with Crippen LogP contribution in [0.4, 0.5) is 17.6 Å². The zero-order valence-electron chi connectivity index (χ0n) is 31.5. The van der Waals surface area contributed by atoms with Crippen LogP contribution in [0, 0.1) is 28.5 Å². The van der Waals surface area contributed by atoms with Gasteiger partial charge in [-0.15, -0.1) is 22.5 Å². The predicted octanol–water partition coefficient (Wildman–Crippen LogP) is 9.85. The Balaban J connectivity index is 1.79. The average Bonchev–Trinajstić information content (AvgIpc) is 3.62. The van der Waals surface area contributed by atoms with E-state index in [2.05, 4.69) is 63.0 Å². The van der Waals surface area contributed by atoms with E-state index >= 15 is 8.78 Å². The Morgan fingerprint density at radius 2 is 1.62 bits per heavy atom. The zero-order valence-corrected chi connectivity index (χ0v) is 32.5.